The zero-order chi connectivity index (χ0) is 17.8. The number of rotatable bonds is 6. The van der Waals surface area contributed by atoms with Crippen LogP contribution >= 0.6 is 0 Å². The van der Waals surface area contributed by atoms with Gasteiger partial charge in [-0.3, -0.25) is 4.90 Å². The lowest BCUT2D eigenvalue weighted by atomic mass is 9.92. The average molecular weight is 360 g/mol. The van der Waals surface area contributed by atoms with E-state index in [4.69, 9.17) is 14.2 Å². The van der Waals surface area contributed by atoms with Crippen LogP contribution in [0.15, 0.2) is 24.3 Å². The predicted octanol–water partition coefficient (Wildman–Crippen LogP) is 2.77. The van der Waals surface area contributed by atoms with Crippen LogP contribution in [0.25, 0.3) is 0 Å². The van der Waals surface area contributed by atoms with Crippen molar-refractivity contribution in [3.05, 3.63) is 24.3 Å². The Hall–Kier alpha value is -1.95. The van der Waals surface area contributed by atoms with Crippen molar-refractivity contribution in [3.63, 3.8) is 0 Å². The van der Waals surface area contributed by atoms with Crippen LogP contribution in [-0.2, 0) is 4.74 Å². The number of para-hydroxylation sites is 2. The van der Waals surface area contributed by atoms with Gasteiger partial charge < -0.3 is 19.1 Å². The van der Waals surface area contributed by atoms with E-state index in [0.29, 0.717) is 13.2 Å². The van der Waals surface area contributed by atoms with Gasteiger partial charge in [-0.25, -0.2) is 4.79 Å². The average Bonchev–Trinajstić information content (AvgIpc) is 3.08. The number of carbonyl (C=O) groups excluding carboxylic acids is 1. The Morgan fingerprint density at radius 2 is 1.85 bits per heavy atom. The highest BCUT2D eigenvalue weighted by Crippen LogP contribution is 2.31. The summed E-state index contributed by atoms with van der Waals surface area (Å²) in [5.74, 6) is 2.48. The first-order chi connectivity index (χ1) is 12.8. The number of ether oxygens (including phenoxy) is 3. The van der Waals surface area contributed by atoms with Crippen molar-refractivity contribution in [2.24, 2.45) is 5.92 Å². The molecular formula is C20H28N2O4. The molecule has 142 valence electrons. The van der Waals surface area contributed by atoms with Crippen LogP contribution in [0.2, 0.25) is 0 Å². The van der Waals surface area contributed by atoms with Gasteiger partial charge in [0.2, 0.25) is 0 Å². The van der Waals surface area contributed by atoms with Crippen molar-refractivity contribution >= 4 is 6.09 Å². The molecule has 3 aliphatic rings. The number of likely N-dealkylation sites (tertiary alicyclic amines) is 1. The predicted molar refractivity (Wildman–Crippen MR) is 97.7 cm³/mol. The molecule has 1 aromatic rings. The third-order valence-electron chi connectivity index (χ3n) is 5.62. The van der Waals surface area contributed by atoms with Crippen molar-refractivity contribution in [1.82, 2.24) is 9.80 Å². The standard InChI is InChI=1S/C20H28N2O4/c23-20-22(12-13-24-20)9-3-4-16-7-10-21(11-8-16)14-17-15-25-18-5-1-2-6-19(18)26-17/h1-2,5-6,16-17H,3-4,7-15H2/t17-/m0/s1. The summed E-state index contributed by atoms with van der Waals surface area (Å²) in [6, 6.07) is 7.89. The smallest absolute Gasteiger partial charge is 0.409 e. The maximum Gasteiger partial charge on any atom is 0.409 e. The van der Waals surface area contributed by atoms with Crippen molar-refractivity contribution in [2.75, 3.05) is 45.9 Å². The Balaban J connectivity index is 1.15. The normalized spacial score (nSPS) is 23.9. The third kappa shape index (κ3) is 4.23. The molecule has 2 saturated heterocycles. The maximum absolute atomic E-state index is 11.4. The summed E-state index contributed by atoms with van der Waals surface area (Å²) >= 11 is 0. The van der Waals surface area contributed by atoms with Crippen molar-refractivity contribution in [1.29, 1.82) is 0 Å². The summed E-state index contributed by atoms with van der Waals surface area (Å²) in [5, 5.41) is 0. The fourth-order valence-corrected chi connectivity index (χ4v) is 4.10. The largest absolute Gasteiger partial charge is 0.486 e. The molecule has 0 aromatic heterocycles. The molecule has 26 heavy (non-hydrogen) atoms. The summed E-state index contributed by atoms with van der Waals surface area (Å²) < 4.78 is 16.9. The molecule has 1 aromatic carbocycles. The second-order valence-electron chi connectivity index (χ2n) is 7.49. The topological polar surface area (TPSA) is 51.2 Å². The molecule has 0 spiro atoms. The lowest BCUT2D eigenvalue weighted by Crippen LogP contribution is -2.44. The molecule has 0 N–H and O–H groups in total. The number of cyclic esters (lactones) is 1. The van der Waals surface area contributed by atoms with E-state index in [0.717, 1.165) is 56.6 Å². The molecule has 0 radical (unpaired) electrons. The van der Waals surface area contributed by atoms with E-state index in [2.05, 4.69) is 4.90 Å². The van der Waals surface area contributed by atoms with Crippen molar-refractivity contribution < 1.29 is 19.0 Å². The minimum absolute atomic E-state index is 0.114. The Morgan fingerprint density at radius 1 is 1.04 bits per heavy atom. The zero-order valence-corrected chi connectivity index (χ0v) is 15.3. The molecule has 0 bridgehead atoms. The highest BCUT2D eigenvalue weighted by molar-refractivity contribution is 5.69. The molecule has 1 atom stereocenters. The van der Waals surface area contributed by atoms with Crippen LogP contribution in [0.3, 0.4) is 0 Å². The second kappa shape index (κ2) is 8.16. The Morgan fingerprint density at radius 3 is 2.62 bits per heavy atom. The molecule has 3 heterocycles. The van der Waals surface area contributed by atoms with Crippen LogP contribution in [0.1, 0.15) is 25.7 Å². The SMILES string of the molecule is O=C1OCCN1CCCC1CCN(C[C@H]2COc3ccccc3O2)CC1. The van der Waals surface area contributed by atoms with Gasteiger partial charge in [-0.2, -0.15) is 0 Å². The highest BCUT2D eigenvalue weighted by Gasteiger charge is 2.26. The monoisotopic (exact) mass is 360 g/mol. The lowest BCUT2D eigenvalue weighted by molar-refractivity contribution is 0.0470. The van der Waals surface area contributed by atoms with E-state index in [-0.39, 0.29) is 12.2 Å². The molecule has 4 rings (SSSR count). The summed E-state index contributed by atoms with van der Waals surface area (Å²) in [6.07, 6.45) is 4.71. The number of carbonyl (C=O) groups is 1. The number of hydrogen-bond donors (Lipinski definition) is 0. The van der Waals surface area contributed by atoms with E-state index in [9.17, 15) is 4.79 Å². The highest BCUT2D eigenvalue weighted by atomic mass is 16.6. The molecule has 0 aliphatic carbocycles. The lowest BCUT2D eigenvalue weighted by Gasteiger charge is -2.35. The summed E-state index contributed by atoms with van der Waals surface area (Å²) in [7, 11) is 0. The summed E-state index contributed by atoms with van der Waals surface area (Å²) in [6.45, 7) is 5.95. The number of fused-ring (bicyclic) bond motifs is 1. The third-order valence-corrected chi connectivity index (χ3v) is 5.62. The quantitative estimate of drug-likeness (QED) is 0.781. The van der Waals surface area contributed by atoms with E-state index < -0.39 is 0 Å². The van der Waals surface area contributed by atoms with Gasteiger partial charge in [-0.05, 0) is 56.8 Å². The van der Waals surface area contributed by atoms with E-state index >= 15 is 0 Å². The number of nitrogens with zero attached hydrogens (tertiary/aromatic N) is 2. The number of amides is 1. The zero-order valence-electron chi connectivity index (χ0n) is 15.3. The fourth-order valence-electron chi connectivity index (χ4n) is 4.10. The first-order valence-corrected chi connectivity index (χ1v) is 9.80. The summed E-state index contributed by atoms with van der Waals surface area (Å²) in [5.41, 5.74) is 0. The number of piperidine rings is 1. The van der Waals surface area contributed by atoms with E-state index in [1.165, 1.54) is 19.3 Å². The van der Waals surface area contributed by atoms with Gasteiger partial charge in [0, 0.05) is 13.1 Å². The van der Waals surface area contributed by atoms with E-state index in [1.54, 1.807) is 0 Å². The summed E-state index contributed by atoms with van der Waals surface area (Å²) in [4.78, 5) is 15.8. The van der Waals surface area contributed by atoms with Crippen molar-refractivity contribution in [3.8, 4) is 11.5 Å². The van der Waals surface area contributed by atoms with Gasteiger partial charge in [-0.15, -0.1) is 0 Å². The Kier molecular flexibility index (Phi) is 5.48. The van der Waals surface area contributed by atoms with Gasteiger partial charge in [0.1, 0.15) is 19.3 Å². The molecular weight excluding hydrogens is 332 g/mol. The minimum atomic E-state index is -0.143. The number of benzene rings is 1. The molecule has 2 fully saturated rings. The first-order valence-electron chi connectivity index (χ1n) is 9.80. The van der Waals surface area contributed by atoms with Gasteiger partial charge in [0.15, 0.2) is 11.5 Å². The van der Waals surface area contributed by atoms with Gasteiger partial charge in [-0.1, -0.05) is 12.1 Å². The number of hydrogen-bond acceptors (Lipinski definition) is 5. The molecule has 6 nitrogen and oxygen atoms in total. The van der Waals surface area contributed by atoms with Crippen molar-refractivity contribution in [2.45, 2.75) is 31.8 Å². The molecule has 6 heteroatoms. The van der Waals surface area contributed by atoms with Crippen LogP contribution in [0.5, 0.6) is 11.5 Å². The van der Waals surface area contributed by atoms with Crippen LogP contribution < -0.4 is 9.47 Å². The van der Waals surface area contributed by atoms with Crippen LogP contribution in [0.4, 0.5) is 4.79 Å². The van der Waals surface area contributed by atoms with Crippen LogP contribution in [-0.4, -0.2) is 67.9 Å². The van der Waals surface area contributed by atoms with Gasteiger partial charge in [0.25, 0.3) is 0 Å². The second-order valence-corrected chi connectivity index (χ2v) is 7.49. The fraction of sp³-hybridized carbons (Fsp3) is 0.650. The molecule has 0 unspecified atom stereocenters. The molecule has 0 saturated carbocycles. The van der Waals surface area contributed by atoms with E-state index in [1.807, 2.05) is 29.2 Å². The maximum atomic E-state index is 11.4. The van der Waals surface area contributed by atoms with Gasteiger partial charge >= 0.3 is 6.09 Å². The van der Waals surface area contributed by atoms with Crippen LogP contribution in [0, 0.1) is 5.92 Å². The Bertz CT molecular complexity index is 616. The Labute approximate surface area is 155 Å². The minimum Gasteiger partial charge on any atom is -0.486 e. The van der Waals surface area contributed by atoms with Gasteiger partial charge in [0.05, 0.1) is 6.54 Å². The first kappa shape index (κ1) is 17.5. The molecule has 1 amide bonds. The molecule has 3 aliphatic heterocycles.